The summed E-state index contributed by atoms with van der Waals surface area (Å²) >= 11 is 1.34. The summed E-state index contributed by atoms with van der Waals surface area (Å²) in [5, 5.41) is 2.72. The van der Waals surface area contributed by atoms with Crippen LogP contribution in [0.1, 0.15) is 38.9 Å². The number of benzene rings is 2. The molecule has 0 spiro atoms. The van der Waals surface area contributed by atoms with E-state index in [2.05, 4.69) is 5.32 Å². The minimum Gasteiger partial charge on any atom is -0.488 e. The van der Waals surface area contributed by atoms with E-state index in [4.69, 9.17) is 9.47 Å². The minimum atomic E-state index is -0.535. The second-order valence-corrected chi connectivity index (χ2v) is 7.78. The van der Waals surface area contributed by atoms with Gasteiger partial charge in [-0.25, -0.2) is 4.79 Å². The van der Waals surface area contributed by atoms with E-state index >= 15 is 0 Å². The number of fused-ring (bicyclic) bond motifs is 3. The maximum absolute atomic E-state index is 12.5. The molecule has 2 aromatic carbocycles. The molecule has 4 rings (SSSR count). The molecule has 0 bridgehead atoms. The normalized spacial score (nSPS) is 11.6. The number of esters is 1. The van der Waals surface area contributed by atoms with E-state index in [0.29, 0.717) is 29.2 Å². The van der Waals surface area contributed by atoms with Crippen molar-refractivity contribution in [3.8, 4) is 16.2 Å². The lowest BCUT2D eigenvalue weighted by Crippen LogP contribution is -2.14. The molecule has 1 aliphatic heterocycles. The number of amides is 1. The van der Waals surface area contributed by atoms with Crippen LogP contribution in [0.15, 0.2) is 54.6 Å². The van der Waals surface area contributed by atoms with Crippen LogP contribution in [0, 0.1) is 0 Å². The number of carbonyl (C=O) groups excluding carboxylic acids is 3. The van der Waals surface area contributed by atoms with Crippen LogP contribution in [0.25, 0.3) is 10.4 Å². The predicted octanol–water partition coefficient (Wildman–Crippen LogP) is 4.70. The maximum Gasteiger partial charge on any atom is 0.348 e. The monoisotopic (exact) mass is 421 g/mol. The standard InChI is InChI=1S/C23H19NO5S/c1-2-21(26)24-16-9-7-14(8-10-16)18(25)13-29-23(27)20-11-15-12-28-19-6-4-3-5-17(19)22(15)30-20/h3-11H,2,12-13H2,1H3,(H,24,26). The lowest BCUT2D eigenvalue weighted by atomic mass is 10.1. The number of hydrogen-bond acceptors (Lipinski definition) is 6. The molecule has 0 radical (unpaired) electrons. The van der Waals surface area contributed by atoms with Gasteiger partial charge in [0.15, 0.2) is 12.4 Å². The summed E-state index contributed by atoms with van der Waals surface area (Å²) in [5.41, 5.74) is 2.91. The van der Waals surface area contributed by atoms with Crippen LogP contribution in [0.2, 0.25) is 0 Å². The van der Waals surface area contributed by atoms with Gasteiger partial charge < -0.3 is 14.8 Å². The van der Waals surface area contributed by atoms with Gasteiger partial charge in [0.25, 0.3) is 0 Å². The molecule has 0 saturated carbocycles. The quantitative estimate of drug-likeness (QED) is 0.461. The Bertz CT molecular complexity index is 1120. The third-order valence-corrected chi connectivity index (χ3v) is 5.86. The summed E-state index contributed by atoms with van der Waals surface area (Å²) in [6.45, 7) is 1.81. The highest BCUT2D eigenvalue weighted by Gasteiger charge is 2.23. The van der Waals surface area contributed by atoms with E-state index in [9.17, 15) is 14.4 Å². The van der Waals surface area contributed by atoms with E-state index in [1.165, 1.54) is 11.3 Å². The molecule has 2 heterocycles. The highest BCUT2D eigenvalue weighted by atomic mass is 32.1. The number of rotatable bonds is 6. The fourth-order valence-electron chi connectivity index (χ4n) is 3.07. The van der Waals surface area contributed by atoms with Crippen molar-refractivity contribution in [3.05, 3.63) is 70.6 Å². The van der Waals surface area contributed by atoms with E-state index in [0.717, 1.165) is 21.8 Å². The maximum atomic E-state index is 12.5. The van der Waals surface area contributed by atoms with Crippen LogP contribution in [0.4, 0.5) is 5.69 Å². The van der Waals surface area contributed by atoms with Crippen molar-refractivity contribution in [1.82, 2.24) is 0 Å². The Hall–Kier alpha value is -3.45. The van der Waals surface area contributed by atoms with Crippen molar-refractivity contribution in [2.24, 2.45) is 0 Å². The predicted molar refractivity (Wildman–Crippen MR) is 114 cm³/mol. The summed E-state index contributed by atoms with van der Waals surface area (Å²) < 4.78 is 10.9. The Morgan fingerprint density at radius 1 is 1.10 bits per heavy atom. The molecule has 0 fully saturated rings. The Morgan fingerprint density at radius 3 is 2.63 bits per heavy atom. The fraction of sp³-hybridized carbons (Fsp3) is 0.174. The third kappa shape index (κ3) is 4.11. The molecule has 6 nitrogen and oxygen atoms in total. The van der Waals surface area contributed by atoms with E-state index < -0.39 is 5.97 Å². The number of Topliss-reactive ketones (excluding diaryl/α,β-unsaturated/α-hetero) is 1. The Balaban J connectivity index is 1.39. The average molecular weight is 421 g/mol. The molecule has 1 amide bonds. The van der Waals surface area contributed by atoms with Crippen molar-refractivity contribution in [2.45, 2.75) is 20.0 Å². The summed E-state index contributed by atoms with van der Waals surface area (Å²) in [5.74, 6) is -0.158. The Kier molecular flexibility index (Phi) is 5.63. The summed E-state index contributed by atoms with van der Waals surface area (Å²) in [7, 11) is 0. The van der Waals surface area contributed by atoms with Crippen LogP contribution in [0.3, 0.4) is 0 Å². The first-order valence-electron chi connectivity index (χ1n) is 9.50. The van der Waals surface area contributed by atoms with Gasteiger partial charge in [-0.15, -0.1) is 11.3 Å². The van der Waals surface area contributed by atoms with Crippen LogP contribution < -0.4 is 10.1 Å². The minimum absolute atomic E-state index is 0.102. The molecule has 0 unspecified atom stereocenters. The first-order chi connectivity index (χ1) is 14.5. The molecule has 7 heteroatoms. The van der Waals surface area contributed by atoms with Crippen LogP contribution >= 0.6 is 11.3 Å². The number of anilines is 1. The van der Waals surface area contributed by atoms with Gasteiger partial charge in [-0.1, -0.05) is 19.1 Å². The largest absolute Gasteiger partial charge is 0.488 e. The second-order valence-electron chi connectivity index (χ2n) is 6.73. The smallest absolute Gasteiger partial charge is 0.348 e. The van der Waals surface area contributed by atoms with Gasteiger partial charge in [0.1, 0.15) is 17.2 Å². The highest BCUT2D eigenvalue weighted by Crippen LogP contribution is 2.42. The lowest BCUT2D eigenvalue weighted by molar-refractivity contribution is -0.115. The summed E-state index contributed by atoms with van der Waals surface area (Å²) in [4.78, 5) is 37.6. The van der Waals surface area contributed by atoms with Crippen LogP contribution in [0.5, 0.6) is 5.75 Å². The van der Waals surface area contributed by atoms with Gasteiger partial charge in [0.05, 0.1) is 0 Å². The number of nitrogens with one attached hydrogen (secondary N) is 1. The third-order valence-electron chi connectivity index (χ3n) is 4.67. The molecule has 1 aliphatic rings. The molecule has 0 atom stereocenters. The zero-order valence-corrected chi connectivity index (χ0v) is 17.1. The zero-order valence-electron chi connectivity index (χ0n) is 16.3. The average Bonchev–Trinajstić information content (AvgIpc) is 3.22. The van der Waals surface area contributed by atoms with Crippen molar-refractivity contribution >= 4 is 34.7 Å². The number of para-hydroxylation sites is 1. The molecule has 30 heavy (non-hydrogen) atoms. The molecule has 1 N–H and O–H groups in total. The molecule has 1 aromatic heterocycles. The SMILES string of the molecule is CCC(=O)Nc1ccc(C(=O)COC(=O)c2cc3c(s2)-c2ccccc2OC3)cc1. The first-order valence-corrected chi connectivity index (χ1v) is 10.3. The Labute approximate surface area is 177 Å². The van der Waals surface area contributed by atoms with Gasteiger partial charge in [0, 0.05) is 33.7 Å². The highest BCUT2D eigenvalue weighted by molar-refractivity contribution is 7.17. The first kappa shape index (κ1) is 19.8. The van der Waals surface area contributed by atoms with E-state index in [1.807, 2.05) is 24.3 Å². The van der Waals surface area contributed by atoms with Gasteiger partial charge in [-0.2, -0.15) is 0 Å². The topological polar surface area (TPSA) is 81.7 Å². The van der Waals surface area contributed by atoms with E-state index in [-0.39, 0.29) is 18.3 Å². The zero-order chi connectivity index (χ0) is 21.1. The van der Waals surface area contributed by atoms with Crippen molar-refractivity contribution in [2.75, 3.05) is 11.9 Å². The van der Waals surface area contributed by atoms with E-state index in [1.54, 1.807) is 37.3 Å². The van der Waals surface area contributed by atoms with Gasteiger partial charge >= 0.3 is 5.97 Å². The van der Waals surface area contributed by atoms with Crippen LogP contribution in [-0.4, -0.2) is 24.3 Å². The summed E-state index contributed by atoms with van der Waals surface area (Å²) in [6.07, 6.45) is 0.375. The molecule has 0 aliphatic carbocycles. The number of ketones is 1. The number of hydrogen-bond donors (Lipinski definition) is 1. The fourth-order valence-corrected chi connectivity index (χ4v) is 4.17. The molecule has 0 saturated heterocycles. The van der Waals surface area contributed by atoms with Gasteiger partial charge in [-0.05, 0) is 42.5 Å². The number of ether oxygens (including phenoxy) is 2. The van der Waals surface area contributed by atoms with Gasteiger partial charge in [-0.3, -0.25) is 9.59 Å². The second kappa shape index (κ2) is 8.51. The van der Waals surface area contributed by atoms with Crippen molar-refractivity contribution in [3.63, 3.8) is 0 Å². The van der Waals surface area contributed by atoms with Crippen molar-refractivity contribution < 1.29 is 23.9 Å². The molecule has 152 valence electrons. The molecule has 3 aromatic rings. The Morgan fingerprint density at radius 2 is 1.87 bits per heavy atom. The summed E-state index contributed by atoms with van der Waals surface area (Å²) in [6, 6.07) is 15.9. The van der Waals surface area contributed by atoms with Crippen LogP contribution in [-0.2, 0) is 16.1 Å². The van der Waals surface area contributed by atoms with Crippen molar-refractivity contribution in [1.29, 1.82) is 0 Å². The lowest BCUT2D eigenvalue weighted by Gasteiger charge is -2.16. The molecular weight excluding hydrogens is 402 g/mol. The number of thiophene rings is 1. The van der Waals surface area contributed by atoms with Gasteiger partial charge in [0.2, 0.25) is 5.91 Å². The number of carbonyl (C=O) groups is 3. The molecular formula is C23H19NO5S.